The Kier molecular flexibility index (Phi) is 6.58. The van der Waals surface area contributed by atoms with E-state index in [-0.39, 0.29) is 19.6 Å². The summed E-state index contributed by atoms with van der Waals surface area (Å²) in [5, 5.41) is 8.69. The molecule has 0 bridgehead atoms. The molecule has 4 heterocycles. The van der Waals surface area contributed by atoms with Gasteiger partial charge in [-0.15, -0.1) is 10.2 Å². The lowest BCUT2D eigenvalue weighted by molar-refractivity contribution is 0.0248. The van der Waals surface area contributed by atoms with Crippen LogP contribution in [0.1, 0.15) is 5.56 Å². The molecule has 2 aromatic heterocycles. The maximum Gasteiger partial charge on any atom is 0.187 e. The first-order valence-electron chi connectivity index (χ1n) is 11.8. The zero-order valence-corrected chi connectivity index (χ0v) is 21.4. The standard InChI is InChI=1S/C27H27N7O.H2S/c1-28-22-6-4-19(5-7-22)20-13-26-27-30-29-18-34(27)25-9-8-23(12-21(25)15-33(26)14-20)32-10-11-35-24(17-32)16-31(2)3;/h4-9,12-14,18,24H,10-11,15-17H2,2-3H3;1H2/t24-;/m0./s1. The summed E-state index contributed by atoms with van der Waals surface area (Å²) in [5.74, 6) is 0.831. The highest BCUT2D eigenvalue weighted by Gasteiger charge is 2.25. The number of hydrogen-bond donors (Lipinski definition) is 0. The second kappa shape index (κ2) is 9.82. The van der Waals surface area contributed by atoms with Gasteiger partial charge < -0.3 is 19.1 Å². The summed E-state index contributed by atoms with van der Waals surface area (Å²) < 4.78 is 10.3. The van der Waals surface area contributed by atoms with Crippen molar-refractivity contribution in [3.63, 3.8) is 0 Å². The van der Waals surface area contributed by atoms with Gasteiger partial charge >= 0.3 is 0 Å². The highest BCUT2D eigenvalue weighted by molar-refractivity contribution is 7.59. The molecule has 9 heteroatoms. The molecule has 0 spiro atoms. The predicted octanol–water partition coefficient (Wildman–Crippen LogP) is 4.19. The molecule has 1 saturated heterocycles. The van der Waals surface area contributed by atoms with Crippen LogP contribution in [0, 0.1) is 6.57 Å². The fourth-order valence-corrected chi connectivity index (χ4v) is 5.09. The molecular formula is C27H29N7OS. The van der Waals surface area contributed by atoms with E-state index in [9.17, 15) is 0 Å². The van der Waals surface area contributed by atoms with Gasteiger partial charge in [0, 0.05) is 43.6 Å². The molecule has 1 atom stereocenters. The first kappa shape index (κ1) is 24.1. The maximum absolute atomic E-state index is 7.20. The topological polar surface area (TPSA) is 55.7 Å². The molecule has 0 saturated carbocycles. The number of likely N-dealkylation sites (N-methyl/N-ethyl adjacent to an activating group) is 1. The Bertz CT molecular complexity index is 1420. The Labute approximate surface area is 218 Å². The van der Waals surface area contributed by atoms with Crippen molar-refractivity contribution in [3.05, 3.63) is 78.0 Å². The van der Waals surface area contributed by atoms with Crippen molar-refractivity contribution >= 4 is 24.9 Å². The van der Waals surface area contributed by atoms with Gasteiger partial charge in [0.15, 0.2) is 11.5 Å². The van der Waals surface area contributed by atoms with Crippen LogP contribution in [0.2, 0.25) is 0 Å². The largest absolute Gasteiger partial charge is 0.373 e. The van der Waals surface area contributed by atoms with E-state index in [1.54, 1.807) is 6.33 Å². The van der Waals surface area contributed by atoms with Crippen molar-refractivity contribution in [2.45, 2.75) is 12.6 Å². The van der Waals surface area contributed by atoms with E-state index in [1.807, 2.05) is 24.3 Å². The van der Waals surface area contributed by atoms with Gasteiger partial charge in [0.05, 0.1) is 30.7 Å². The number of morpholine rings is 1. The molecule has 4 aromatic rings. The summed E-state index contributed by atoms with van der Waals surface area (Å²) in [7, 11) is 4.17. The zero-order valence-electron chi connectivity index (χ0n) is 20.4. The molecule has 6 rings (SSSR count). The van der Waals surface area contributed by atoms with E-state index >= 15 is 0 Å². The van der Waals surface area contributed by atoms with E-state index in [0.29, 0.717) is 5.69 Å². The van der Waals surface area contributed by atoms with Crippen molar-refractivity contribution in [2.75, 3.05) is 45.2 Å². The maximum atomic E-state index is 7.20. The summed E-state index contributed by atoms with van der Waals surface area (Å²) in [6.07, 6.45) is 4.17. The Morgan fingerprint density at radius 1 is 1.11 bits per heavy atom. The van der Waals surface area contributed by atoms with Crippen LogP contribution in [-0.4, -0.2) is 70.7 Å². The van der Waals surface area contributed by atoms with E-state index in [2.05, 4.69) is 78.5 Å². The number of rotatable bonds is 4. The molecule has 2 aromatic carbocycles. The van der Waals surface area contributed by atoms with Crippen molar-refractivity contribution in [2.24, 2.45) is 0 Å². The number of aromatic nitrogens is 4. The van der Waals surface area contributed by atoms with Crippen molar-refractivity contribution in [1.82, 2.24) is 24.2 Å². The molecule has 0 amide bonds. The highest BCUT2D eigenvalue weighted by Crippen LogP contribution is 2.35. The van der Waals surface area contributed by atoms with Crippen molar-refractivity contribution in [1.29, 1.82) is 0 Å². The number of fused-ring (bicyclic) bond motifs is 5. The van der Waals surface area contributed by atoms with Crippen molar-refractivity contribution < 1.29 is 4.74 Å². The molecule has 1 fully saturated rings. The summed E-state index contributed by atoms with van der Waals surface area (Å²) in [6.45, 7) is 11.4. The third-order valence-corrected chi connectivity index (χ3v) is 6.74. The molecule has 0 aliphatic carbocycles. The van der Waals surface area contributed by atoms with Crippen LogP contribution in [0.15, 0.2) is 61.1 Å². The third kappa shape index (κ3) is 4.39. The molecular weight excluding hydrogens is 470 g/mol. The van der Waals surface area contributed by atoms with Gasteiger partial charge in [-0.25, -0.2) is 4.85 Å². The van der Waals surface area contributed by atoms with Crippen LogP contribution in [0.4, 0.5) is 11.4 Å². The first-order chi connectivity index (χ1) is 17.1. The highest BCUT2D eigenvalue weighted by atomic mass is 32.1. The number of benzene rings is 2. The fourth-order valence-electron chi connectivity index (χ4n) is 5.09. The molecule has 0 N–H and O–H groups in total. The fraction of sp³-hybridized carbons (Fsp3) is 0.296. The smallest absolute Gasteiger partial charge is 0.187 e. The molecule has 0 unspecified atom stereocenters. The van der Waals surface area contributed by atoms with Gasteiger partial charge in [-0.1, -0.05) is 24.3 Å². The first-order valence-corrected chi connectivity index (χ1v) is 11.8. The lowest BCUT2D eigenvalue weighted by atomic mass is 10.1. The average molecular weight is 500 g/mol. The Hall–Kier alpha value is -3.58. The summed E-state index contributed by atoms with van der Waals surface area (Å²) >= 11 is 0. The minimum atomic E-state index is 0. The van der Waals surface area contributed by atoms with E-state index in [0.717, 1.165) is 61.1 Å². The molecule has 2 aliphatic heterocycles. The van der Waals surface area contributed by atoms with E-state index < -0.39 is 0 Å². The minimum Gasteiger partial charge on any atom is -0.373 e. The average Bonchev–Trinajstić information content (AvgIpc) is 3.49. The van der Waals surface area contributed by atoms with Gasteiger partial charge in [-0.2, -0.15) is 13.5 Å². The molecule has 36 heavy (non-hydrogen) atoms. The number of nitrogens with zero attached hydrogens (tertiary/aromatic N) is 7. The van der Waals surface area contributed by atoms with Crippen LogP contribution in [-0.2, 0) is 11.3 Å². The SMILES string of the molecule is S.[C-]#[N+]c1ccc(-c2cc3n(c2)Cc2cc(N4CCO[C@@H](CN(C)C)C4)ccc2-n2cnnc2-3)cc1. The van der Waals surface area contributed by atoms with Crippen molar-refractivity contribution in [3.8, 4) is 28.3 Å². The van der Waals surface area contributed by atoms with Crippen LogP contribution in [0.3, 0.4) is 0 Å². The van der Waals surface area contributed by atoms with Gasteiger partial charge in [0.1, 0.15) is 6.33 Å². The zero-order chi connectivity index (χ0) is 23.9. The van der Waals surface area contributed by atoms with Crippen LogP contribution in [0.25, 0.3) is 33.2 Å². The van der Waals surface area contributed by atoms with E-state index in [4.69, 9.17) is 11.3 Å². The summed E-state index contributed by atoms with van der Waals surface area (Å²) in [6, 6.07) is 16.6. The second-order valence-corrected chi connectivity index (χ2v) is 9.44. The monoisotopic (exact) mass is 499 g/mol. The van der Waals surface area contributed by atoms with Crippen LogP contribution in [0.5, 0.6) is 0 Å². The second-order valence-electron chi connectivity index (χ2n) is 9.44. The molecule has 8 nitrogen and oxygen atoms in total. The summed E-state index contributed by atoms with van der Waals surface area (Å²) in [5.41, 5.74) is 7.41. The number of ether oxygens (including phenoxy) is 1. The quantitative estimate of drug-likeness (QED) is 0.347. The Balaban J connectivity index is 0.00000267. The lowest BCUT2D eigenvalue weighted by Crippen LogP contribution is -2.46. The lowest BCUT2D eigenvalue weighted by Gasteiger charge is -2.36. The summed E-state index contributed by atoms with van der Waals surface area (Å²) in [4.78, 5) is 8.11. The minimum absolute atomic E-state index is 0. The number of hydrogen-bond acceptors (Lipinski definition) is 5. The van der Waals surface area contributed by atoms with Gasteiger partial charge in [-0.05, 0) is 49.5 Å². The molecule has 2 aliphatic rings. The number of anilines is 1. The van der Waals surface area contributed by atoms with Crippen LogP contribution >= 0.6 is 13.5 Å². The Morgan fingerprint density at radius 3 is 2.72 bits per heavy atom. The van der Waals surface area contributed by atoms with Gasteiger partial charge in [-0.3, -0.25) is 4.57 Å². The normalized spacial score (nSPS) is 16.4. The van der Waals surface area contributed by atoms with E-state index in [1.165, 1.54) is 11.3 Å². The molecule has 184 valence electrons. The third-order valence-electron chi connectivity index (χ3n) is 6.74. The Morgan fingerprint density at radius 2 is 1.94 bits per heavy atom. The van der Waals surface area contributed by atoms with Gasteiger partial charge in [0.2, 0.25) is 0 Å². The molecule has 0 radical (unpaired) electrons. The van der Waals surface area contributed by atoms with Gasteiger partial charge in [0.25, 0.3) is 0 Å². The van der Waals surface area contributed by atoms with Crippen LogP contribution < -0.4 is 4.90 Å². The predicted molar refractivity (Wildman–Crippen MR) is 146 cm³/mol.